The van der Waals surface area contributed by atoms with Crippen molar-refractivity contribution in [3.05, 3.63) is 18.2 Å². The Hall–Kier alpha value is -1.36. The summed E-state index contributed by atoms with van der Waals surface area (Å²) in [6.45, 7) is 1.16. The normalized spacial score (nSPS) is 17.3. The predicted octanol–water partition coefficient (Wildman–Crippen LogP) is 0.153. The van der Waals surface area contributed by atoms with Gasteiger partial charge >= 0.3 is 5.97 Å². The van der Waals surface area contributed by atoms with Crippen LogP contribution in [0.25, 0.3) is 0 Å². The number of ether oxygens (including phenoxy) is 1. The third-order valence-electron chi connectivity index (χ3n) is 1.90. The number of aromatic carboxylic acids is 1. The van der Waals surface area contributed by atoms with Gasteiger partial charge in [-0.3, -0.25) is 0 Å². The molecule has 0 radical (unpaired) electrons. The molecule has 0 saturated carbocycles. The second-order valence-corrected chi connectivity index (χ2v) is 2.68. The van der Waals surface area contributed by atoms with Crippen LogP contribution in [0.4, 0.5) is 0 Å². The summed E-state index contributed by atoms with van der Waals surface area (Å²) in [6.07, 6.45) is 2.87. The molecule has 0 aliphatic carbocycles. The molecule has 0 atom stereocenters. The summed E-state index contributed by atoms with van der Waals surface area (Å²) in [4.78, 5) is 14.4. The SMILES string of the molecule is O=C(O)c1cncn1C1COC1. The maximum Gasteiger partial charge on any atom is 0.354 e. The average molecular weight is 168 g/mol. The molecule has 0 aromatic carbocycles. The number of imidazole rings is 1. The highest BCUT2D eigenvalue weighted by molar-refractivity contribution is 5.85. The van der Waals surface area contributed by atoms with E-state index in [1.807, 2.05) is 0 Å². The van der Waals surface area contributed by atoms with Crippen molar-refractivity contribution in [3.8, 4) is 0 Å². The van der Waals surface area contributed by atoms with Gasteiger partial charge in [-0.05, 0) is 0 Å². The van der Waals surface area contributed by atoms with Crippen molar-refractivity contribution >= 4 is 5.97 Å². The van der Waals surface area contributed by atoms with Crippen LogP contribution in [-0.2, 0) is 4.74 Å². The second-order valence-electron chi connectivity index (χ2n) is 2.68. The Kier molecular flexibility index (Phi) is 1.58. The molecule has 0 spiro atoms. The summed E-state index contributed by atoms with van der Waals surface area (Å²) in [6, 6.07) is 0.151. The zero-order valence-electron chi connectivity index (χ0n) is 6.30. The fourth-order valence-corrected chi connectivity index (χ4v) is 1.15. The van der Waals surface area contributed by atoms with Crippen molar-refractivity contribution in [2.75, 3.05) is 13.2 Å². The highest BCUT2D eigenvalue weighted by Crippen LogP contribution is 2.18. The van der Waals surface area contributed by atoms with Gasteiger partial charge in [-0.15, -0.1) is 0 Å². The standard InChI is InChI=1S/C7H8N2O3/c10-7(11)6-1-8-4-9(6)5-2-12-3-5/h1,4-5H,2-3H2,(H,10,11). The lowest BCUT2D eigenvalue weighted by molar-refractivity contribution is -0.0245. The molecule has 1 saturated heterocycles. The third-order valence-corrected chi connectivity index (χ3v) is 1.90. The fourth-order valence-electron chi connectivity index (χ4n) is 1.15. The van der Waals surface area contributed by atoms with E-state index in [0.29, 0.717) is 13.2 Å². The maximum atomic E-state index is 10.6. The van der Waals surface area contributed by atoms with Gasteiger partial charge in [-0.1, -0.05) is 0 Å². The first-order chi connectivity index (χ1) is 5.79. The van der Waals surface area contributed by atoms with Crippen LogP contribution in [-0.4, -0.2) is 33.8 Å². The lowest BCUT2D eigenvalue weighted by Crippen LogP contribution is -2.32. The van der Waals surface area contributed by atoms with E-state index in [0.717, 1.165) is 0 Å². The van der Waals surface area contributed by atoms with Crippen LogP contribution in [0.15, 0.2) is 12.5 Å². The molecule has 64 valence electrons. The molecule has 2 rings (SSSR count). The molecular weight excluding hydrogens is 160 g/mol. The number of carbonyl (C=O) groups is 1. The lowest BCUT2D eigenvalue weighted by atomic mass is 10.2. The van der Waals surface area contributed by atoms with E-state index in [-0.39, 0.29) is 11.7 Å². The van der Waals surface area contributed by atoms with E-state index in [2.05, 4.69) is 4.98 Å². The first kappa shape index (κ1) is 7.30. The summed E-state index contributed by atoms with van der Waals surface area (Å²) in [5, 5.41) is 8.72. The highest BCUT2D eigenvalue weighted by Gasteiger charge is 2.24. The van der Waals surface area contributed by atoms with E-state index in [1.54, 1.807) is 4.57 Å². The molecular formula is C7H8N2O3. The minimum Gasteiger partial charge on any atom is -0.477 e. The zero-order valence-corrected chi connectivity index (χ0v) is 6.30. The Labute approximate surface area is 68.6 Å². The van der Waals surface area contributed by atoms with Gasteiger partial charge in [0.25, 0.3) is 0 Å². The fraction of sp³-hybridized carbons (Fsp3) is 0.429. The first-order valence-corrected chi connectivity index (χ1v) is 3.62. The van der Waals surface area contributed by atoms with Crippen molar-refractivity contribution < 1.29 is 14.6 Å². The highest BCUT2D eigenvalue weighted by atomic mass is 16.5. The van der Waals surface area contributed by atoms with Crippen molar-refractivity contribution in [2.45, 2.75) is 6.04 Å². The van der Waals surface area contributed by atoms with Crippen molar-refractivity contribution in [3.63, 3.8) is 0 Å². The molecule has 2 heterocycles. The Balaban J connectivity index is 2.29. The predicted molar refractivity (Wildman–Crippen MR) is 39.0 cm³/mol. The Morgan fingerprint density at radius 3 is 3.00 bits per heavy atom. The van der Waals surface area contributed by atoms with Gasteiger partial charge < -0.3 is 14.4 Å². The van der Waals surface area contributed by atoms with Gasteiger partial charge in [-0.2, -0.15) is 0 Å². The number of hydrogen-bond donors (Lipinski definition) is 1. The largest absolute Gasteiger partial charge is 0.477 e. The number of hydrogen-bond acceptors (Lipinski definition) is 3. The number of carboxylic acids is 1. The Morgan fingerprint density at radius 2 is 2.50 bits per heavy atom. The molecule has 5 nitrogen and oxygen atoms in total. The Morgan fingerprint density at radius 1 is 1.75 bits per heavy atom. The molecule has 0 amide bonds. The Bertz CT molecular complexity index is 303. The monoisotopic (exact) mass is 168 g/mol. The number of nitrogens with zero attached hydrogens (tertiary/aromatic N) is 2. The zero-order chi connectivity index (χ0) is 8.55. The topological polar surface area (TPSA) is 64.3 Å². The average Bonchev–Trinajstić information content (AvgIpc) is 2.31. The second kappa shape index (κ2) is 2.60. The summed E-state index contributed by atoms with van der Waals surface area (Å²) < 4.78 is 6.58. The van der Waals surface area contributed by atoms with Gasteiger partial charge in [-0.25, -0.2) is 9.78 Å². The number of rotatable bonds is 2. The van der Waals surface area contributed by atoms with Crippen LogP contribution in [0.1, 0.15) is 16.5 Å². The van der Waals surface area contributed by atoms with Gasteiger partial charge in [0, 0.05) is 0 Å². The van der Waals surface area contributed by atoms with Crippen molar-refractivity contribution in [1.82, 2.24) is 9.55 Å². The van der Waals surface area contributed by atoms with E-state index in [1.165, 1.54) is 12.5 Å². The van der Waals surface area contributed by atoms with Crippen LogP contribution in [0.5, 0.6) is 0 Å². The van der Waals surface area contributed by atoms with Crippen LogP contribution in [0.3, 0.4) is 0 Å². The molecule has 5 heteroatoms. The quantitative estimate of drug-likeness (QED) is 0.682. The van der Waals surface area contributed by atoms with Crippen LogP contribution in [0.2, 0.25) is 0 Å². The summed E-state index contributed by atoms with van der Waals surface area (Å²) in [5.41, 5.74) is 0.225. The molecule has 0 bridgehead atoms. The van der Waals surface area contributed by atoms with Gasteiger partial charge in [0.05, 0.1) is 31.8 Å². The third kappa shape index (κ3) is 0.984. The first-order valence-electron chi connectivity index (χ1n) is 3.62. The summed E-state index contributed by atoms with van der Waals surface area (Å²) in [7, 11) is 0. The molecule has 1 aliphatic heterocycles. The molecule has 1 aliphatic rings. The van der Waals surface area contributed by atoms with Crippen LogP contribution in [0, 0.1) is 0 Å². The van der Waals surface area contributed by atoms with E-state index >= 15 is 0 Å². The summed E-state index contributed by atoms with van der Waals surface area (Å²) >= 11 is 0. The molecule has 1 aromatic rings. The molecule has 1 aromatic heterocycles. The van der Waals surface area contributed by atoms with Crippen molar-refractivity contribution in [1.29, 1.82) is 0 Å². The van der Waals surface area contributed by atoms with Gasteiger partial charge in [0.1, 0.15) is 5.69 Å². The molecule has 12 heavy (non-hydrogen) atoms. The van der Waals surface area contributed by atoms with E-state index in [9.17, 15) is 4.79 Å². The molecule has 0 unspecified atom stereocenters. The minimum atomic E-state index is -0.945. The van der Waals surface area contributed by atoms with Crippen LogP contribution >= 0.6 is 0 Å². The van der Waals surface area contributed by atoms with Crippen LogP contribution < -0.4 is 0 Å². The lowest BCUT2D eigenvalue weighted by Gasteiger charge is -2.27. The minimum absolute atomic E-state index is 0.151. The van der Waals surface area contributed by atoms with Crippen molar-refractivity contribution in [2.24, 2.45) is 0 Å². The smallest absolute Gasteiger partial charge is 0.354 e. The van der Waals surface area contributed by atoms with E-state index < -0.39 is 5.97 Å². The molecule has 1 fully saturated rings. The van der Waals surface area contributed by atoms with Gasteiger partial charge in [0.15, 0.2) is 0 Å². The maximum absolute atomic E-state index is 10.6. The summed E-state index contributed by atoms with van der Waals surface area (Å²) in [5.74, 6) is -0.945. The number of aromatic nitrogens is 2. The van der Waals surface area contributed by atoms with E-state index in [4.69, 9.17) is 9.84 Å². The number of carboxylic acid groups (broad SMARTS) is 1. The van der Waals surface area contributed by atoms with Gasteiger partial charge in [0.2, 0.25) is 0 Å². The molecule has 1 N–H and O–H groups in total.